The maximum absolute atomic E-state index is 12.7. The minimum Gasteiger partial charge on any atom is -0.480 e. The van der Waals surface area contributed by atoms with Crippen LogP contribution in [0.5, 0.6) is 0 Å². The number of rotatable bonds is 4. The van der Waals surface area contributed by atoms with Gasteiger partial charge in [-0.15, -0.1) is 0 Å². The molecule has 2 rings (SSSR count). The van der Waals surface area contributed by atoms with Gasteiger partial charge in [-0.3, -0.25) is 9.69 Å². The van der Waals surface area contributed by atoms with Gasteiger partial charge in [0.2, 0.25) is 10.0 Å². The second kappa shape index (κ2) is 6.69. The third-order valence-corrected chi connectivity index (χ3v) is 5.87. The maximum Gasteiger partial charge on any atom is 0.416 e. The van der Waals surface area contributed by atoms with Gasteiger partial charge in [0.15, 0.2) is 0 Å². The summed E-state index contributed by atoms with van der Waals surface area (Å²) >= 11 is 0. The molecule has 1 aromatic rings. The molecule has 0 radical (unpaired) electrons. The number of piperazine rings is 1. The highest BCUT2D eigenvalue weighted by Gasteiger charge is 2.35. The Balaban J connectivity index is 2.17. The lowest BCUT2D eigenvalue weighted by Crippen LogP contribution is -2.53. The topological polar surface area (TPSA) is 77.9 Å². The molecule has 0 saturated carbocycles. The van der Waals surface area contributed by atoms with Crippen LogP contribution in [0.2, 0.25) is 0 Å². The average molecular weight is 366 g/mol. The van der Waals surface area contributed by atoms with E-state index < -0.39 is 38.7 Å². The van der Waals surface area contributed by atoms with E-state index >= 15 is 0 Å². The van der Waals surface area contributed by atoms with Crippen LogP contribution in [-0.4, -0.2) is 60.9 Å². The summed E-state index contributed by atoms with van der Waals surface area (Å²) in [6.45, 7) is 1.95. The first-order chi connectivity index (χ1) is 11.0. The Bertz CT molecular complexity index is 713. The van der Waals surface area contributed by atoms with Gasteiger partial charge in [0.1, 0.15) is 6.04 Å². The molecule has 1 aliphatic heterocycles. The van der Waals surface area contributed by atoms with Crippen molar-refractivity contribution >= 4 is 16.0 Å². The van der Waals surface area contributed by atoms with Gasteiger partial charge in [-0.05, 0) is 25.1 Å². The van der Waals surface area contributed by atoms with Crippen molar-refractivity contribution in [2.75, 3.05) is 26.2 Å². The van der Waals surface area contributed by atoms with Crippen molar-refractivity contribution in [1.29, 1.82) is 0 Å². The van der Waals surface area contributed by atoms with Crippen LogP contribution in [0.15, 0.2) is 29.2 Å². The first-order valence-electron chi connectivity index (χ1n) is 7.18. The summed E-state index contributed by atoms with van der Waals surface area (Å²) in [5.74, 6) is -1.01. The zero-order valence-corrected chi connectivity index (χ0v) is 13.6. The summed E-state index contributed by atoms with van der Waals surface area (Å²) in [5.41, 5.74) is -1.03. The third-order valence-electron chi connectivity index (χ3n) is 3.98. The van der Waals surface area contributed by atoms with Crippen LogP contribution < -0.4 is 0 Å². The summed E-state index contributed by atoms with van der Waals surface area (Å²) in [6.07, 6.45) is -4.62. The molecule has 1 aliphatic rings. The van der Waals surface area contributed by atoms with Crippen LogP contribution in [0.4, 0.5) is 13.2 Å². The predicted molar refractivity (Wildman–Crippen MR) is 78.9 cm³/mol. The fourth-order valence-electron chi connectivity index (χ4n) is 2.47. The molecule has 1 atom stereocenters. The summed E-state index contributed by atoms with van der Waals surface area (Å²) in [7, 11) is -4.05. The Labute approximate surface area is 137 Å². The molecular formula is C14H17F3N2O4S. The first-order valence-corrected chi connectivity index (χ1v) is 8.62. The lowest BCUT2D eigenvalue weighted by molar-refractivity contribution is -0.143. The van der Waals surface area contributed by atoms with E-state index in [-0.39, 0.29) is 26.2 Å². The van der Waals surface area contributed by atoms with Crippen molar-refractivity contribution in [2.24, 2.45) is 0 Å². The molecule has 0 aliphatic carbocycles. The van der Waals surface area contributed by atoms with E-state index in [0.29, 0.717) is 6.07 Å². The standard InChI is InChI=1S/C14H17F3N2O4S/c1-10(13(20)21)18-5-7-19(8-6-18)24(22,23)12-4-2-3-11(9-12)14(15,16)17/h2-4,9-10H,5-8H2,1H3,(H,20,21)/t10-/m1/s1. The molecule has 134 valence electrons. The zero-order valence-electron chi connectivity index (χ0n) is 12.8. The fraction of sp³-hybridized carbons (Fsp3) is 0.500. The van der Waals surface area contributed by atoms with Gasteiger partial charge >= 0.3 is 12.1 Å². The molecule has 24 heavy (non-hydrogen) atoms. The van der Waals surface area contributed by atoms with Gasteiger partial charge < -0.3 is 5.11 Å². The second-order valence-electron chi connectivity index (χ2n) is 5.48. The highest BCUT2D eigenvalue weighted by molar-refractivity contribution is 7.89. The number of carbonyl (C=O) groups is 1. The zero-order chi connectivity index (χ0) is 18.1. The number of hydrogen-bond acceptors (Lipinski definition) is 4. The summed E-state index contributed by atoms with van der Waals surface area (Å²) in [5, 5.41) is 8.96. The summed E-state index contributed by atoms with van der Waals surface area (Å²) in [6, 6.07) is 2.85. The van der Waals surface area contributed by atoms with Crippen LogP contribution in [0.25, 0.3) is 0 Å². The first kappa shape index (κ1) is 18.7. The van der Waals surface area contributed by atoms with Crippen molar-refractivity contribution < 1.29 is 31.5 Å². The molecule has 0 bridgehead atoms. The monoisotopic (exact) mass is 366 g/mol. The summed E-state index contributed by atoms with van der Waals surface area (Å²) < 4.78 is 64.3. The lowest BCUT2D eigenvalue weighted by atomic mass is 10.2. The van der Waals surface area contributed by atoms with E-state index in [0.717, 1.165) is 22.5 Å². The molecule has 1 heterocycles. The van der Waals surface area contributed by atoms with Crippen LogP contribution in [0.1, 0.15) is 12.5 Å². The van der Waals surface area contributed by atoms with Crippen LogP contribution in [-0.2, 0) is 21.0 Å². The minimum absolute atomic E-state index is 0.0240. The number of carboxylic acid groups (broad SMARTS) is 1. The van der Waals surface area contributed by atoms with Crippen molar-refractivity contribution in [3.05, 3.63) is 29.8 Å². The Morgan fingerprint density at radius 3 is 2.29 bits per heavy atom. The number of nitrogens with zero attached hydrogens (tertiary/aromatic N) is 2. The van der Waals surface area contributed by atoms with Crippen molar-refractivity contribution in [2.45, 2.75) is 24.0 Å². The molecule has 1 saturated heterocycles. The number of halogens is 3. The quantitative estimate of drug-likeness (QED) is 0.874. The fourth-order valence-corrected chi connectivity index (χ4v) is 3.94. The molecule has 0 spiro atoms. The van der Waals surface area contributed by atoms with Gasteiger partial charge in [0.05, 0.1) is 10.5 Å². The lowest BCUT2D eigenvalue weighted by Gasteiger charge is -2.35. The Morgan fingerprint density at radius 1 is 1.21 bits per heavy atom. The number of aliphatic carboxylic acids is 1. The van der Waals surface area contributed by atoms with E-state index in [1.807, 2.05) is 0 Å². The highest BCUT2D eigenvalue weighted by atomic mass is 32.2. The number of alkyl halides is 3. The van der Waals surface area contributed by atoms with Crippen LogP contribution in [0, 0.1) is 0 Å². The van der Waals surface area contributed by atoms with Crippen molar-refractivity contribution in [1.82, 2.24) is 9.21 Å². The molecule has 10 heteroatoms. The van der Waals surface area contributed by atoms with Crippen molar-refractivity contribution in [3.8, 4) is 0 Å². The molecule has 1 aromatic carbocycles. The molecule has 1 N–H and O–H groups in total. The summed E-state index contributed by atoms with van der Waals surface area (Å²) in [4.78, 5) is 12.1. The van der Waals surface area contributed by atoms with E-state index in [1.165, 1.54) is 6.92 Å². The van der Waals surface area contributed by atoms with Crippen LogP contribution >= 0.6 is 0 Å². The van der Waals surface area contributed by atoms with Gasteiger partial charge in [-0.1, -0.05) is 6.07 Å². The molecule has 6 nitrogen and oxygen atoms in total. The predicted octanol–water partition coefficient (Wildman–Crippen LogP) is 1.48. The minimum atomic E-state index is -4.62. The molecule has 1 fully saturated rings. The number of benzene rings is 1. The average Bonchev–Trinajstić information content (AvgIpc) is 2.53. The van der Waals surface area contributed by atoms with E-state index in [9.17, 15) is 26.4 Å². The Morgan fingerprint density at radius 2 is 1.79 bits per heavy atom. The van der Waals surface area contributed by atoms with E-state index in [4.69, 9.17) is 5.11 Å². The van der Waals surface area contributed by atoms with Gasteiger partial charge in [0, 0.05) is 26.2 Å². The number of hydrogen-bond donors (Lipinski definition) is 1. The van der Waals surface area contributed by atoms with E-state index in [1.54, 1.807) is 4.90 Å². The van der Waals surface area contributed by atoms with Gasteiger partial charge in [-0.25, -0.2) is 8.42 Å². The molecular weight excluding hydrogens is 349 g/mol. The number of sulfonamides is 1. The maximum atomic E-state index is 12.7. The van der Waals surface area contributed by atoms with Gasteiger partial charge in [-0.2, -0.15) is 17.5 Å². The second-order valence-corrected chi connectivity index (χ2v) is 7.42. The van der Waals surface area contributed by atoms with E-state index in [2.05, 4.69) is 0 Å². The molecule has 0 amide bonds. The normalized spacial score (nSPS) is 19.2. The molecule has 0 unspecified atom stereocenters. The SMILES string of the molecule is C[C@H](C(=O)O)N1CCN(S(=O)(=O)c2cccc(C(F)(F)F)c2)CC1. The highest BCUT2D eigenvalue weighted by Crippen LogP contribution is 2.31. The Kier molecular flexibility index (Phi) is 5.21. The number of carboxylic acids is 1. The van der Waals surface area contributed by atoms with Crippen molar-refractivity contribution in [3.63, 3.8) is 0 Å². The largest absolute Gasteiger partial charge is 0.480 e. The smallest absolute Gasteiger partial charge is 0.416 e. The van der Waals surface area contributed by atoms with Gasteiger partial charge in [0.25, 0.3) is 0 Å². The molecule has 0 aromatic heterocycles. The van der Waals surface area contributed by atoms with Crippen LogP contribution in [0.3, 0.4) is 0 Å². The Hall–Kier alpha value is -1.65. The third kappa shape index (κ3) is 3.87.